The SMILES string of the molecule is Cc1cc(CN(C)S(=O)(=O)N2CCNCC2)no1. The Kier molecular flexibility index (Phi) is 4.00. The standard InChI is InChI=1S/C10H18N4O3S/c1-9-7-10(12-17-9)8-13(2)18(15,16)14-5-3-11-4-6-14/h7,11H,3-6,8H2,1-2H3. The van der Waals surface area contributed by atoms with E-state index >= 15 is 0 Å². The van der Waals surface area contributed by atoms with Crippen molar-refractivity contribution < 1.29 is 12.9 Å². The lowest BCUT2D eigenvalue weighted by molar-refractivity contribution is 0.320. The Morgan fingerprint density at radius 1 is 1.50 bits per heavy atom. The number of hydrogen-bond acceptors (Lipinski definition) is 5. The van der Waals surface area contributed by atoms with Gasteiger partial charge in [-0.3, -0.25) is 0 Å². The fraction of sp³-hybridized carbons (Fsp3) is 0.700. The van der Waals surface area contributed by atoms with Crippen molar-refractivity contribution in [1.29, 1.82) is 0 Å². The molecule has 1 saturated heterocycles. The molecular formula is C10H18N4O3S. The molecule has 102 valence electrons. The minimum absolute atomic E-state index is 0.226. The summed E-state index contributed by atoms with van der Waals surface area (Å²) in [5.41, 5.74) is 0.619. The molecule has 1 aromatic heterocycles. The summed E-state index contributed by atoms with van der Waals surface area (Å²) in [7, 11) is -1.85. The van der Waals surface area contributed by atoms with E-state index in [1.165, 1.54) is 8.61 Å². The first-order valence-electron chi connectivity index (χ1n) is 5.84. The first-order chi connectivity index (χ1) is 8.50. The summed E-state index contributed by atoms with van der Waals surface area (Å²) in [6, 6.07) is 1.74. The van der Waals surface area contributed by atoms with Crippen LogP contribution in [0.1, 0.15) is 11.5 Å². The summed E-state index contributed by atoms with van der Waals surface area (Å²) in [4.78, 5) is 0. The van der Waals surface area contributed by atoms with E-state index in [4.69, 9.17) is 4.52 Å². The highest BCUT2D eigenvalue weighted by Crippen LogP contribution is 2.12. The molecule has 1 aromatic rings. The highest BCUT2D eigenvalue weighted by molar-refractivity contribution is 7.86. The lowest BCUT2D eigenvalue weighted by Crippen LogP contribution is -2.50. The number of hydrogen-bond donors (Lipinski definition) is 1. The molecule has 18 heavy (non-hydrogen) atoms. The van der Waals surface area contributed by atoms with Crippen LogP contribution in [0.3, 0.4) is 0 Å². The van der Waals surface area contributed by atoms with Gasteiger partial charge in [-0.2, -0.15) is 17.0 Å². The van der Waals surface area contributed by atoms with Crippen molar-refractivity contribution in [2.45, 2.75) is 13.5 Å². The summed E-state index contributed by atoms with van der Waals surface area (Å²) in [6.07, 6.45) is 0. The molecule has 8 heteroatoms. The molecule has 1 N–H and O–H groups in total. The molecule has 1 fully saturated rings. The summed E-state index contributed by atoms with van der Waals surface area (Å²) in [5.74, 6) is 0.679. The van der Waals surface area contributed by atoms with Gasteiger partial charge >= 0.3 is 0 Å². The van der Waals surface area contributed by atoms with Crippen LogP contribution in [0.15, 0.2) is 10.6 Å². The zero-order valence-corrected chi connectivity index (χ0v) is 11.4. The quantitative estimate of drug-likeness (QED) is 0.805. The maximum absolute atomic E-state index is 12.3. The van der Waals surface area contributed by atoms with E-state index < -0.39 is 10.2 Å². The average Bonchev–Trinajstić information content (AvgIpc) is 2.76. The van der Waals surface area contributed by atoms with Crippen molar-refractivity contribution in [3.05, 3.63) is 17.5 Å². The second-order valence-electron chi connectivity index (χ2n) is 4.34. The molecule has 0 amide bonds. The molecule has 0 unspecified atom stereocenters. The van der Waals surface area contributed by atoms with E-state index in [1.54, 1.807) is 20.0 Å². The van der Waals surface area contributed by atoms with E-state index in [9.17, 15) is 8.42 Å². The highest BCUT2D eigenvalue weighted by atomic mass is 32.2. The van der Waals surface area contributed by atoms with Crippen LogP contribution >= 0.6 is 0 Å². The topological polar surface area (TPSA) is 78.7 Å². The normalized spacial score (nSPS) is 18.4. The Bertz CT molecular complexity index is 493. The molecule has 0 atom stereocenters. The summed E-state index contributed by atoms with van der Waals surface area (Å²) < 4.78 is 32.2. The van der Waals surface area contributed by atoms with Gasteiger partial charge in [0, 0.05) is 39.3 Å². The number of nitrogens with zero attached hydrogens (tertiary/aromatic N) is 3. The predicted molar refractivity (Wildman–Crippen MR) is 66.1 cm³/mol. The third-order valence-corrected chi connectivity index (χ3v) is 4.79. The fourth-order valence-electron chi connectivity index (χ4n) is 1.87. The van der Waals surface area contributed by atoms with Gasteiger partial charge in [0.2, 0.25) is 0 Å². The summed E-state index contributed by atoms with van der Waals surface area (Å²) in [6.45, 7) is 4.40. The third kappa shape index (κ3) is 2.89. The van der Waals surface area contributed by atoms with Gasteiger partial charge in [0.1, 0.15) is 5.76 Å². The van der Waals surface area contributed by atoms with E-state index in [0.717, 1.165) is 0 Å². The largest absolute Gasteiger partial charge is 0.361 e. The molecule has 0 spiro atoms. The second-order valence-corrected chi connectivity index (χ2v) is 6.38. The molecule has 0 bridgehead atoms. The van der Waals surface area contributed by atoms with Crippen molar-refractivity contribution in [1.82, 2.24) is 19.1 Å². The van der Waals surface area contributed by atoms with E-state index in [0.29, 0.717) is 37.6 Å². The van der Waals surface area contributed by atoms with Crippen LogP contribution in [0.5, 0.6) is 0 Å². The molecule has 1 aliphatic heterocycles. The lowest BCUT2D eigenvalue weighted by Gasteiger charge is -2.30. The first-order valence-corrected chi connectivity index (χ1v) is 7.24. The minimum atomic E-state index is -3.41. The number of rotatable bonds is 4. The number of aromatic nitrogens is 1. The lowest BCUT2D eigenvalue weighted by atomic mass is 10.4. The second kappa shape index (κ2) is 5.35. The van der Waals surface area contributed by atoms with Gasteiger partial charge in [-0.25, -0.2) is 0 Å². The third-order valence-electron chi connectivity index (χ3n) is 2.86. The predicted octanol–water partition coefficient (Wildman–Crippen LogP) is -0.435. The maximum atomic E-state index is 12.3. The number of piperazine rings is 1. The van der Waals surface area contributed by atoms with E-state index in [1.807, 2.05) is 0 Å². The van der Waals surface area contributed by atoms with Gasteiger partial charge in [0.25, 0.3) is 10.2 Å². The van der Waals surface area contributed by atoms with Crippen molar-refractivity contribution in [3.8, 4) is 0 Å². The van der Waals surface area contributed by atoms with Crippen LogP contribution in [-0.4, -0.2) is 55.4 Å². The van der Waals surface area contributed by atoms with Crippen molar-refractivity contribution in [2.75, 3.05) is 33.2 Å². The zero-order valence-electron chi connectivity index (χ0n) is 10.6. The van der Waals surface area contributed by atoms with Crippen LogP contribution in [-0.2, 0) is 16.8 Å². The minimum Gasteiger partial charge on any atom is -0.361 e. The molecule has 2 heterocycles. The number of aryl methyl sites for hydroxylation is 1. The summed E-state index contributed by atoms with van der Waals surface area (Å²) >= 11 is 0. The van der Waals surface area contributed by atoms with Gasteiger partial charge in [0.15, 0.2) is 0 Å². The van der Waals surface area contributed by atoms with Crippen molar-refractivity contribution in [2.24, 2.45) is 0 Å². The smallest absolute Gasteiger partial charge is 0.282 e. The van der Waals surface area contributed by atoms with Gasteiger partial charge in [-0.15, -0.1) is 0 Å². The van der Waals surface area contributed by atoms with Crippen LogP contribution in [0, 0.1) is 6.92 Å². The van der Waals surface area contributed by atoms with E-state index in [2.05, 4.69) is 10.5 Å². The Morgan fingerprint density at radius 3 is 2.72 bits per heavy atom. The molecule has 2 rings (SSSR count). The van der Waals surface area contributed by atoms with Gasteiger partial charge in [0.05, 0.1) is 12.2 Å². The Balaban J connectivity index is 2.04. The van der Waals surface area contributed by atoms with Crippen LogP contribution in [0.25, 0.3) is 0 Å². The van der Waals surface area contributed by atoms with E-state index in [-0.39, 0.29) is 6.54 Å². The molecular weight excluding hydrogens is 256 g/mol. The Hall–Kier alpha value is -0.960. The summed E-state index contributed by atoms with van der Waals surface area (Å²) in [5, 5.41) is 6.93. The average molecular weight is 274 g/mol. The van der Waals surface area contributed by atoms with Gasteiger partial charge < -0.3 is 9.84 Å². The van der Waals surface area contributed by atoms with Crippen LogP contribution in [0.4, 0.5) is 0 Å². The Labute approximate surface area is 107 Å². The first kappa shape index (κ1) is 13.5. The molecule has 0 aromatic carbocycles. The number of nitrogens with one attached hydrogen (secondary N) is 1. The van der Waals surface area contributed by atoms with Gasteiger partial charge in [-0.1, -0.05) is 5.16 Å². The molecule has 0 saturated carbocycles. The molecule has 0 radical (unpaired) electrons. The Morgan fingerprint density at radius 2 is 2.17 bits per heavy atom. The van der Waals surface area contributed by atoms with Crippen LogP contribution in [0.2, 0.25) is 0 Å². The molecule has 1 aliphatic rings. The van der Waals surface area contributed by atoms with Gasteiger partial charge in [-0.05, 0) is 6.92 Å². The monoisotopic (exact) mass is 274 g/mol. The van der Waals surface area contributed by atoms with Crippen molar-refractivity contribution >= 4 is 10.2 Å². The highest BCUT2D eigenvalue weighted by Gasteiger charge is 2.28. The zero-order chi connectivity index (χ0) is 13.2. The van der Waals surface area contributed by atoms with Crippen molar-refractivity contribution in [3.63, 3.8) is 0 Å². The maximum Gasteiger partial charge on any atom is 0.282 e. The fourth-order valence-corrected chi connectivity index (χ4v) is 3.21. The van der Waals surface area contributed by atoms with Crippen LogP contribution < -0.4 is 5.32 Å². The molecule has 7 nitrogen and oxygen atoms in total. The molecule has 0 aliphatic carbocycles.